The van der Waals surface area contributed by atoms with E-state index < -0.39 is 0 Å². The van der Waals surface area contributed by atoms with E-state index in [1.54, 1.807) is 0 Å². The Hall–Kier alpha value is -1.57. The molecular formula is C16H20N2. The van der Waals surface area contributed by atoms with Gasteiger partial charge >= 0.3 is 0 Å². The van der Waals surface area contributed by atoms with E-state index >= 15 is 0 Å². The molecule has 1 heterocycles. The van der Waals surface area contributed by atoms with E-state index in [-0.39, 0.29) is 5.41 Å². The lowest BCUT2D eigenvalue weighted by molar-refractivity contribution is 0.402. The Balaban J connectivity index is 2.05. The highest BCUT2D eigenvalue weighted by molar-refractivity contribution is 5.39. The lowest BCUT2D eigenvalue weighted by atomic mass is 9.79. The van der Waals surface area contributed by atoms with E-state index in [2.05, 4.69) is 53.9 Å². The van der Waals surface area contributed by atoms with Gasteiger partial charge in [-0.1, -0.05) is 31.2 Å². The highest BCUT2D eigenvalue weighted by Gasteiger charge is 2.39. The Kier molecular flexibility index (Phi) is 2.73. The zero-order valence-electron chi connectivity index (χ0n) is 11.2. The smallest absolute Gasteiger partial charge is 0.0948 e. The third-order valence-electron chi connectivity index (χ3n) is 4.45. The van der Waals surface area contributed by atoms with Crippen LogP contribution < -0.4 is 0 Å². The molecular weight excluding hydrogens is 220 g/mol. The van der Waals surface area contributed by atoms with Gasteiger partial charge in [-0.05, 0) is 37.3 Å². The summed E-state index contributed by atoms with van der Waals surface area (Å²) in [6.07, 6.45) is 7.53. The minimum absolute atomic E-state index is 0.260. The average molecular weight is 240 g/mol. The monoisotopic (exact) mass is 240 g/mol. The van der Waals surface area contributed by atoms with E-state index in [1.807, 2.05) is 6.33 Å². The highest BCUT2D eigenvalue weighted by Crippen LogP contribution is 2.42. The molecule has 1 aliphatic carbocycles. The average Bonchev–Trinajstić information content (AvgIpc) is 3.02. The molecule has 1 aromatic heterocycles. The van der Waals surface area contributed by atoms with Crippen LogP contribution in [-0.4, -0.2) is 9.55 Å². The second-order valence-corrected chi connectivity index (χ2v) is 5.32. The van der Waals surface area contributed by atoms with Gasteiger partial charge in [0.1, 0.15) is 0 Å². The third-order valence-corrected chi connectivity index (χ3v) is 4.45. The number of aromatic nitrogens is 2. The van der Waals surface area contributed by atoms with Gasteiger partial charge in [0.25, 0.3) is 0 Å². The Morgan fingerprint density at radius 2 is 1.83 bits per heavy atom. The van der Waals surface area contributed by atoms with Crippen molar-refractivity contribution in [1.29, 1.82) is 0 Å². The maximum absolute atomic E-state index is 4.36. The molecule has 0 aliphatic heterocycles. The van der Waals surface area contributed by atoms with Crippen molar-refractivity contribution in [2.24, 2.45) is 0 Å². The number of nitrogens with zero attached hydrogens (tertiary/aromatic N) is 2. The number of hydrogen-bond acceptors (Lipinski definition) is 1. The van der Waals surface area contributed by atoms with Gasteiger partial charge in [-0.25, -0.2) is 4.98 Å². The molecule has 2 nitrogen and oxygen atoms in total. The normalized spacial score (nSPS) is 16.8. The molecule has 0 fully saturated rings. The Labute approximate surface area is 109 Å². The molecule has 0 N–H and O–H groups in total. The second-order valence-electron chi connectivity index (χ2n) is 5.32. The SMILES string of the molecule is CCn1cncc1C1(CC)Cc2ccccc2C1. The summed E-state index contributed by atoms with van der Waals surface area (Å²) in [6.45, 7) is 5.50. The van der Waals surface area contributed by atoms with Gasteiger partial charge in [0, 0.05) is 23.9 Å². The Morgan fingerprint density at radius 1 is 1.17 bits per heavy atom. The van der Waals surface area contributed by atoms with Gasteiger partial charge in [-0.15, -0.1) is 0 Å². The van der Waals surface area contributed by atoms with Crippen LogP contribution in [0, 0.1) is 0 Å². The van der Waals surface area contributed by atoms with Crippen LogP contribution in [-0.2, 0) is 24.8 Å². The van der Waals surface area contributed by atoms with E-state index in [4.69, 9.17) is 0 Å². The van der Waals surface area contributed by atoms with Gasteiger partial charge < -0.3 is 4.57 Å². The maximum Gasteiger partial charge on any atom is 0.0948 e. The van der Waals surface area contributed by atoms with Crippen LogP contribution in [0.2, 0.25) is 0 Å². The number of imidazole rings is 1. The number of rotatable bonds is 3. The molecule has 0 amide bonds. The van der Waals surface area contributed by atoms with E-state index in [1.165, 1.54) is 23.2 Å². The van der Waals surface area contributed by atoms with Crippen LogP contribution in [0.25, 0.3) is 0 Å². The zero-order chi connectivity index (χ0) is 12.6. The summed E-state index contributed by atoms with van der Waals surface area (Å²) >= 11 is 0. The largest absolute Gasteiger partial charge is 0.334 e. The number of hydrogen-bond donors (Lipinski definition) is 0. The van der Waals surface area contributed by atoms with Gasteiger partial charge in [0.2, 0.25) is 0 Å². The van der Waals surface area contributed by atoms with Crippen molar-refractivity contribution in [3.05, 3.63) is 53.6 Å². The summed E-state index contributed by atoms with van der Waals surface area (Å²) < 4.78 is 2.30. The molecule has 3 rings (SSSR count). The second kappa shape index (κ2) is 4.27. The van der Waals surface area contributed by atoms with Crippen LogP contribution in [0.3, 0.4) is 0 Å². The molecule has 0 bridgehead atoms. The minimum Gasteiger partial charge on any atom is -0.334 e. The first-order chi connectivity index (χ1) is 8.79. The number of fused-ring (bicyclic) bond motifs is 1. The van der Waals surface area contributed by atoms with Crippen molar-refractivity contribution in [3.8, 4) is 0 Å². The number of benzene rings is 1. The van der Waals surface area contributed by atoms with Gasteiger partial charge in [0.05, 0.1) is 6.33 Å². The molecule has 18 heavy (non-hydrogen) atoms. The highest BCUT2D eigenvalue weighted by atomic mass is 15.0. The lowest BCUT2D eigenvalue weighted by Gasteiger charge is -2.28. The molecule has 0 saturated heterocycles. The summed E-state index contributed by atoms with van der Waals surface area (Å²) in [6, 6.07) is 8.86. The van der Waals surface area contributed by atoms with Crippen LogP contribution >= 0.6 is 0 Å². The fourth-order valence-corrected chi connectivity index (χ4v) is 3.32. The summed E-state index contributed by atoms with van der Waals surface area (Å²) in [5.74, 6) is 0. The van der Waals surface area contributed by atoms with Crippen molar-refractivity contribution < 1.29 is 0 Å². The van der Waals surface area contributed by atoms with Crippen molar-refractivity contribution in [1.82, 2.24) is 9.55 Å². The first kappa shape index (κ1) is 11.5. The first-order valence-electron chi connectivity index (χ1n) is 6.86. The molecule has 0 spiro atoms. The van der Waals surface area contributed by atoms with Crippen LogP contribution in [0.5, 0.6) is 0 Å². The van der Waals surface area contributed by atoms with Crippen molar-refractivity contribution in [3.63, 3.8) is 0 Å². The molecule has 1 aromatic carbocycles. The first-order valence-corrected chi connectivity index (χ1v) is 6.86. The topological polar surface area (TPSA) is 17.8 Å². The van der Waals surface area contributed by atoms with Crippen molar-refractivity contribution >= 4 is 0 Å². The third kappa shape index (κ3) is 1.59. The molecule has 2 aromatic rings. The van der Waals surface area contributed by atoms with Gasteiger partial charge in [0.15, 0.2) is 0 Å². The molecule has 94 valence electrons. The fourth-order valence-electron chi connectivity index (χ4n) is 3.32. The maximum atomic E-state index is 4.36. The Bertz CT molecular complexity index is 529. The van der Waals surface area contributed by atoms with E-state index in [0.29, 0.717) is 0 Å². The quantitative estimate of drug-likeness (QED) is 0.804. The number of aryl methyl sites for hydroxylation is 1. The fraction of sp³-hybridized carbons (Fsp3) is 0.438. The summed E-state index contributed by atoms with van der Waals surface area (Å²) in [4.78, 5) is 4.36. The lowest BCUT2D eigenvalue weighted by Crippen LogP contribution is -2.29. The summed E-state index contributed by atoms with van der Waals surface area (Å²) in [5.41, 5.74) is 4.70. The predicted octanol–water partition coefficient (Wildman–Crippen LogP) is 3.35. The van der Waals surface area contributed by atoms with E-state index in [9.17, 15) is 0 Å². The molecule has 0 radical (unpaired) electrons. The van der Waals surface area contributed by atoms with Crippen molar-refractivity contribution in [2.45, 2.75) is 45.1 Å². The van der Waals surface area contributed by atoms with Gasteiger partial charge in [-0.3, -0.25) is 0 Å². The zero-order valence-corrected chi connectivity index (χ0v) is 11.2. The van der Waals surface area contributed by atoms with Gasteiger partial charge in [-0.2, -0.15) is 0 Å². The summed E-state index contributed by atoms with van der Waals surface area (Å²) in [7, 11) is 0. The van der Waals surface area contributed by atoms with Crippen molar-refractivity contribution in [2.75, 3.05) is 0 Å². The predicted molar refractivity (Wildman–Crippen MR) is 73.7 cm³/mol. The molecule has 0 unspecified atom stereocenters. The molecule has 2 heteroatoms. The molecule has 1 aliphatic rings. The molecule has 0 atom stereocenters. The minimum atomic E-state index is 0.260. The van der Waals surface area contributed by atoms with Crippen LogP contribution in [0.4, 0.5) is 0 Å². The summed E-state index contributed by atoms with van der Waals surface area (Å²) in [5, 5.41) is 0. The molecule has 0 saturated carbocycles. The Morgan fingerprint density at radius 3 is 2.39 bits per heavy atom. The standard InChI is InChI=1S/C16H20N2/c1-3-16(15-11-17-12-18(15)4-2)9-13-7-5-6-8-14(13)10-16/h5-8,11-12H,3-4,9-10H2,1-2H3. The van der Waals surface area contributed by atoms with Crippen LogP contribution in [0.1, 0.15) is 37.1 Å². The van der Waals surface area contributed by atoms with E-state index in [0.717, 1.165) is 19.4 Å². The van der Waals surface area contributed by atoms with Crippen LogP contribution in [0.15, 0.2) is 36.8 Å².